The van der Waals surface area contributed by atoms with Crippen molar-refractivity contribution in [1.29, 1.82) is 0 Å². The maximum Gasteiger partial charge on any atom is 0.319 e. The highest BCUT2D eigenvalue weighted by Crippen LogP contribution is 2.16. The van der Waals surface area contributed by atoms with Crippen LogP contribution in [-0.4, -0.2) is 43.0 Å². The van der Waals surface area contributed by atoms with Crippen molar-refractivity contribution >= 4 is 6.03 Å². The van der Waals surface area contributed by atoms with Crippen LogP contribution in [0.2, 0.25) is 0 Å². The molecule has 0 aromatic rings. The monoisotopic (exact) mass is 184 g/mol. The number of amides is 2. The number of rotatable bonds is 0. The van der Waals surface area contributed by atoms with Crippen LogP contribution < -0.4 is 0 Å². The molecule has 1 aliphatic rings. The van der Waals surface area contributed by atoms with E-state index in [4.69, 9.17) is 0 Å². The molecule has 2 amide bonds. The molecule has 1 fully saturated rings. The lowest BCUT2D eigenvalue weighted by molar-refractivity contribution is 0.167. The molecule has 1 unspecified atom stereocenters. The highest BCUT2D eigenvalue weighted by Gasteiger charge is 2.20. The summed E-state index contributed by atoms with van der Waals surface area (Å²) in [5, 5.41) is 0. The van der Waals surface area contributed by atoms with E-state index in [-0.39, 0.29) is 6.03 Å². The lowest BCUT2D eigenvalue weighted by Crippen LogP contribution is -2.41. The second-order valence-corrected chi connectivity index (χ2v) is 4.22. The number of urea groups is 1. The summed E-state index contributed by atoms with van der Waals surface area (Å²) in [6, 6.07) is 0.161. The van der Waals surface area contributed by atoms with E-state index in [2.05, 4.69) is 6.92 Å². The third-order valence-corrected chi connectivity index (χ3v) is 2.56. The van der Waals surface area contributed by atoms with Gasteiger partial charge in [0.2, 0.25) is 0 Å². The van der Waals surface area contributed by atoms with Gasteiger partial charge in [0.15, 0.2) is 0 Å². The minimum atomic E-state index is 0.161. The van der Waals surface area contributed by atoms with Crippen LogP contribution in [0.5, 0.6) is 0 Å². The fourth-order valence-electron chi connectivity index (χ4n) is 1.81. The smallest absolute Gasteiger partial charge is 0.319 e. The van der Waals surface area contributed by atoms with Crippen molar-refractivity contribution in [3.8, 4) is 0 Å². The van der Waals surface area contributed by atoms with Crippen molar-refractivity contribution in [2.75, 3.05) is 27.2 Å². The maximum absolute atomic E-state index is 11.6. The SMILES string of the molecule is CC1CCCCN(C(=O)N(C)C)C1. The highest BCUT2D eigenvalue weighted by molar-refractivity contribution is 5.73. The predicted molar refractivity (Wildman–Crippen MR) is 53.7 cm³/mol. The van der Waals surface area contributed by atoms with Gasteiger partial charge in [-0.15, -0.1) is 0 Å². The number of carbonyl (C=O) groups excluding carboxylic acids is 1. The second kappa shape index (κ2) is 4.49. The van der Waals surface area contributed by atoms with E-state index in [0.29, 0.717) is 5.92 Å². The summed E-state index contributed by atoms with van der Waals surface area (Å²) >= 11 is 0. The summed E-state index contributed by atoms with van der Waals surface area (Å²) in [4.78, 5) is 15.3. The molecule has 0 aromatic heterocycles. The quantitative estimate of drug-likeness (QED) is 0.563. The summed E-state index contributed by atoms with van der Waals surface area (Å²) in [5.41, 5.74) is 0. The van der Waals surface area contributed by atoms with Crippen LogP contribution in [0.4, 0.5) is 4.79 Å². The van der Waals surface area contributed by atoms with Gasteiger partial charge < -0.3 is 9.80 Å². The zero-order valence-electron chi connectivity index (χ0n) is 8.92. The summed E-state index contributed by atoms with van der Waals surface area (Å²) in [6.07, 6.45) is 3.68. The Morgan fingerprint density at radius 2 is 2.08 bits per heavy atom. The zero-order chi connectivity index (χ0) is 9.84. The van der Waals surface area contributed by atoms with Crippen molar-refractivity contribution < 1.29 is 4.79 Å². The summed E-state index contributed by atoms with van der Waals surface area (Å²) < 4.78 is 0. The van der Waals surface area contributed by atoms with Gasteiger partial charge in [-0.25, -0.2) is 4.79 Å². The minimum absolute atomic E-state index is 0.161. The van der Waals surface area contributed by atoms with Gasteiger partial charge in [0.25, 0.3) is 0 Å². The van der Waals surface area contributed by atoms with Crippen LogP contribution in [0.15, 0.2) is 0 Å². The molecule has 0 N–H and O–H groups in total. The normalized spacial score (nSPS) is 23.9. The first-order chi connectivity index (χ1) is 6.11. The average molecular weight is 184 g/mol. The molecule has 3 heteroatoms. The van der Waals surface area contributed by atoms with Crippen molar-refractivity contribution in [3.63, 3.8) is 0 Å². The minimum Gasteiger partial charge on any atom is -0.331 e. The van der Waals surface area contributed by atoms with E-state index in [1.54, 1.807) is 4.90 Å². The first-order valence-corrected chi connectivity index (χ1v) is 5.07. The Kier molecular flexibility index (Phi) is 3.58. The molecule has 0 bridgehead atoms. The highest BCUT2D eigenvalue weighted by atomic mass is 16.2. The number of hydrogen-bond donors (Lipinski definition) is 0. The number of hydrogen-bond acceptors (Lipinski definition) is 1. The Hall–Kier alpha value is -0.730. The van der Waals surface area contributed by atoms with Crippen LogP contribution in [-0.2, 0) is 0 Å². The molecule has 1 aliphatic heterocycles. The number of likely N-dealkylation sites (tertiary alicyclic amines) is 1. The first-order valence-electron chi connectivity index (χ1n) is 5.07. The van der Waals surface area contributed by atoms with Gasteiger partial charge in [-0.05, 0) is 18.8 Å². The van der Waals surface area contributed by atoms with Gasteiger partial charge in [-0.3, -0.25) is 0 Å². The van der Waals surface area contributed by atoms with Crippen LogP contribution in [0, 0.1) is 5.92 Å². The van der Waals surface area contributed by atoms with E-state index in [1.165, 1.54) is 12.8 Å². The molecule has 0 saturated carbocycles. The molecule has 3 nitrogen and oxygen atoms in total. The van der Waals surface area contributed by atoms with Crippen LogP contribution in [0.1, 0.15) is 26.2 Å². The molecule has 0 aliphatic carbocycles. The van der Waals surface area contributed by atoms with E-state index < -0.39 is 0 Å². The number of nitrogens with zero attached hydrogens (tertiary/aromatic N) is 2. The standard InChI is InChI=1S/C10H20N2O/c1-9-6-4-5-7-12(8-9)10(13)11(2)3/h9H,4-8H2,1-3H3. The molecule has 0 aromatic carbocycles. The Bertz CT molecular complexity index is 180. The Morgan fingerprint density at radius 3 is 2.69 bits per heavy atom. The summed E-state index contributed by atoms with van der Waals surface area (Å²) in [5.74, 6) is 0.659. The Labute approximate surface area is 80.7 Å². The Balaban J connectivity index is 2.52. The van der Waals surface area contributed by atoms with Gasteiger partial charge in [-0.1, -0.05) is 13.3 Å². The van der Waals surface area contributed by atoms with Crippen LogP contribution >= 0.6 is 0 Å². The molecule has 1 atom stereocenters. The first kappa shape index (κ1) is 10.4. The van der Waals surface area contributed by atoms with E-state index in [0.717, 1.165) is 19.5 Å². The summed E-state index contributed by atoms with van der Waals surface area (Å²) in [6.45, 7) is 4.08. The van der Waals surface area contributed by atoms with Crippen LogP contribution in [0.3, 0.4) is 0 Å². The third-order valence-electron chi connectivity index (χ3n) is 2.56. The van der Waals surface area contributed by atoms with Crippen molar-refractivity contribution in [3.05, 3.63) is 0 Å². The molecule has 1 heterocycles. The fourth-order valence-corrected chi connectivity index (χ4v) is 1.81. The molecule has 1 saturated heterocycles. The van der Waals surface area contributed by atoms with Crippen molar-refractivity contribution in [2.24, 2.45) is 5.92 Å². The van der Waals surface area contributed by atoms with Gasteiger partial charge in [-0.2, -0.15) is 0 Å². The predicted octanol–water partition coefficient (Wildman–Crippen LogP) is 1.79. The van der Waals surface area contributed by atoms with Gasteiger partial charge in [0, 0.05) is 27.2 Å². The molecular formula is C10H20N2O. The lowest BCUT2D eigenvalue weighted by atomic mass is 10.1. The Morgan fingerprint density at radius 1 is 1.38 bits per heavy atom. The molecule has 76 valence electrons. The topological polar surface area (TPSA) is 23.6 Å². The van der Waals surface area contributed by atoms with Crippen LogP contribution in [0.25, 0.3) is 0 Å². The average Bonchev–Trinajstić information content (AvgIpc) is 2.28. The second-order valence-electron chi connectivity index (χ2n) is 4.22. The van der Waals surface area contributed by atoms with E-state index in [1.807, 2.05) is 19.0 Å². The van der Waals surface area contributed by atoms with Crippen molar-refractivity contribution in [1.82, 2.24) is 9.80 Å². The van der Waals surface area contributed by atoms with Gasteiger partial charge in [0.1, 0.15) is 0 Å². The molecular weight excluding hydrogens is 164 g/mol. The summed E-state index contributed by atoms with van der Waals surface area (Å²) in [7, 11) is 3.63. The lowest BCUT2D eigenvalue weighted by Gasteiger charge is -2.26. The molecule has 13 heavy (non-hydrogen) atoms. The third kappa shape index (κ3) is 2.90. The molecule has 0 spiro atoms. The molecule has 1 rings (SSSR count). The van der Waals surface area contributed by atoms with Crippen molar-refractivity contribution in [2.45, 2.75) is 26.2 Å². The van der Waals surface area contributed by atoms with Gasteiger partial charge in [0.05, 0.1) is 0 Å². The van der Waals surface area contributed by atoms with E-state index in [9.17, 15) is 4.79 Å². The fraction of sp³-hybridized carbons (Fsp3) is 0.900. The van der Waals surface area contributed by atoms with E-state index >= 15 is 0 Å². The largest absolute Gasteiger partial charge is 0.331 e. The molecule has 0 radical (unpaired) electrons. The number of carbonyl (C=O) groups is 1. The zero-order valence-corrected chi connectivity index (χ0v) is 8.92. The van der Waals surface area contributed by atoms with Gasteiger partial charge >= 0.3 is 6.03 Å². The maximum atomic E-state index is 11.6.